The lowest BCUT2D eigenvalue weighted by Crippen LogP contribution is -2.30. The number of carbonyl (C=O) groups is 3. The van der Waals surface area contributed by atoms with Gasteiger partial charge in [-0.3, -0.25) is 9.59 Å². The lowest BCUT2D eigenvalue weighted by Gasteiger charge is -2.15. The molecule has 0 saturated heterocycles. The molecule has 0 radical (unpaired) electrons. The maximum absolute atomic E-state index is 11.4. The van der Waals surface area contributed by atoms with E-state index in [9.17, 15) is 14.4 Å². The van der Waals surface area contributed by atoms with E-state index in [-0.39, 0.29) is 13.2 Å². The molecule has 0 saturated carbocycles. The number of carbonyl (C=O) groups excluding carboxylic acids is 3. The van der Waals surface area contributed by atoms with E-state index in [4.69, 9.17) is 10.2 Å². The average Bonchev–Trinajstić information content (AvgIpc) is 2.49. The number of esters is 2. The third-order valence-corrected chi connectivity index (χ3v) is 2.49. The third-order valence-electron chi connectivity index (χ3n) is 2.49. The number of rotatable bonds is 10. The minimum Gasteiger partial charge on any atom is -0.466 e. The van der Waals surface area contributed by atoms with Crippen LogP contribution in [-0.2, 0) is 28.5 Å². The molecule has 9 nitrogen and oxygen atoms in total. The number of hydrogen-bond acceptors (Lipinski definition) is 9. The summed E-state index contributed by atoms with van der Waals surface area (Å²) in [5.41, 5.74) is 0. The van der Waals surface area contributed by atoms with Crippen molar-refractivity contribution in [3.8, 4) is 0 Å². The number of ether oxygens (including phenoxy) is 4. The maximum atomic E-state index is 11.4. The smallest absolute Gasteiger partial charge is 0.466 e. The Balaban J connectivity index is 4.16. The van der Waals surface area contributed by atoms with Gasteiger partial charge in [-0.1, -0.05) is 0 Å². The number of aliphatic hydroxyl groups is 2. The molecule has 9 heteroatoms. The van der Waals surface area contributed by atoms with Crippen LogP contribution in [0.3, 0.4) is 0 Å². The van der Waals surface area contributed by atoms with E-state index in [0.717, 1.165) is 0 Å². The predicted octanol–water partition coefficient (Wildman–Crippen LogP) is -0.517. The minimum absolute atomic E-state index is 0.136. The van der Waals surface area contributed by atoms with Gasteiger partial charge in [0.05, 0.1) is 26.4 Å². The van der Waals surface area contributed by atoms with Crippen molar-refractivity contribution in [3.63, 3.8) is 0 Å². The quantitative estimate of drug-likeness (QED) is 0.403. The fraction of sp³-hybridized carbons (Fsp3) is 0.769. The monoisotopic (exact) mass is 322 g/mol. The van der Waals surface area contributed by atoms with E-state index in [1.165, 1.54) is 0 Å². The van der Waals surface area contributed by atoms with Gasteiger partial charge < -0.3 is 29.2 Å². The van der Waals surface area contributed by atoms with Crippen LogP contribution in [0.5, 0.6) is 0 Å². The first-order valence-corrected chi connectivity index (χ1v) is 6.84. The van der Waals surface area contributed by atoms with Gasteiger partial charge in [-0.25, -0.2) is 4.79 Å². The van der Waals surface area contributed by atoms with E-state index in [2.05, 4.69) is 18.9 Å². The summed E-state index contributed by atoms with van der Waals surface area (Å²) in [5, 5.41) is 18.0. The van der Waals surface area contributed by atoms with Gasteiger partial charge in [0.1, 0.15) is 25.0 Å². The highest BCUT2D eigenvalue weighted by molar-refractivity contribution is 5.74. The lowest BCUT2D eigenvalue weighted by atomic mass is 10.2. The molecular weight excluding hydrogens is 300 g/mol. The van der Waals surface area contributed by atoms with Crippen LogP contribution in [0.4, 0.5) is 4.79 Å². The van der Waals surface area contributed by atoms with Gasteiger partial charge in [-0.05, 0) is 13.8 Å². The third kappa shape index (κ3) is 7.79. The van der Waals surface area contributed by atoms with Crippen molar-refractivity contribution in [1.29, 1.82) is 0 Å². The van der Waals surface area contributed by atoms with Crippen LogP contribution < -0.4 is 0 Å². The Bertz CT molecular complexity index is 323. The Kier molecular flexibility index (Phi) is 10.8. The van der Waals surface area contributed by atoms with Crippen LogP contribution in [0, 0.1) is 11.8 Å². The van der Waals surface area contributed by atoms with Crippen LogP contribution in [-0.4, -0.2) is 67.9 Å². The summed E-state index contributed by atoms with van der Waals surface area (Å²) < 4.78 is 18.6. The zero-order valence-corrected chi connectivity index (χ0v) is 12.6. The second kappa shape index (κ2) is 11.8. The van der Waals surface area contributed by atoms with E-state index in [0.29, 0.717) is 0 Å². The summed E-state index contributed by atoms with van der Waals surface area (Å²) in [6, 6.07) is 0. The molecule has 22 heavy (non-hydrogen) atoms. The molecule has 2 unspecified atom stereocenters. The molecule has 0 amide bonds. The molecule has 2 atom stereocenters. The summed E-state index contributed by atoms with van der Waals surface area (Å²) in [5.74, 6) is -3.41. The maximum Gasteiger partial charge on any atom is 0.508 e. The first-order chi connectivity index (χ1) is 10.5. The fourth-order valence-corrected chi connectivity index (χ4v) is 1.29. The largest absolute Gasteiger partial charge is 0.508 e. The summed E-state index contributed by atoms with van der Waals surface area (Å²) in [4.78, 5) is 34.0. The molecule has 0 aromatic rings. The second-order valence-corrected chi connectivity index (χ2v) is 4.14. The molecule has 0 aliphatic carbocycles. The van der Waals surface area contributed by atoms with Crippen molar-refractivity contribution in [2.24, 2.45) is 11.8 Å². The van der Waals surface area contributed by atoms with Crippen molar-refractivity contribution >= 4 is 18.1 Å². The topological polar surface area (TPSA) is 129 Å². The summed E-state index contributed by atoms with van der Waals surface area (Å²) in [7, 11) is 0. The Morgan fingerprint density at radius 2 is 1.14 bits per heavy atom. The molecule has 0 spiro atoms. The van der Waals surface area contributed by atoms with E-state index in [1.54, 1.807) is 13.8 Å². The van der Waals surface area contributed by atoms with Gasteiger partial charge in [-0.2, -0.15) is 0 Å². The number of aliphatic hydroxyl groups excluding tert-OH is 2. The lowest BCUT2D eigenvalue weighted by molar-refractivity contribution is -0.151. The normalized spacial score (nSPS) is 12.9. The van der Waals surface area contributed by atoms with Crippen LogP contribution >= 0.6 is 0 Å². The van der Waals surface area contributed by atoms with E-state index >= 15 is 0 Å². The molecule has 0 aliphatic heterocycles. The molecular formula is C13H22O9. The standard InChI is InChI=1S/C13H22O9/c1-3-19-11(16)9(5-14)7-21-13(18)22-8-10(6-15)12(17)20-4-2/h9-10,14-15H,3-8H2,1-2H3. The Hall–Kier alpha value is -1.87. The van der Waals surface area contributed by atoms with E-state index in [1.807, 2.05) is 0 Å². The van der Waals surface area contributed by atoms with Gasteiger partial charge in [0.2, 0.25) is 0 Å². The van der Waals surface area contributed by atoms with Crippen LogP contribution in [0.1, 0.15) is 13.8 Å². The molecule has 128 valence electrons. The van der Waals surface area contributed by atoms with Crippen LogP contribution in [0.15, 0.2) is 0 Å². The van der Waals surface area contributed by atoms with Gasteiger partial charge in [0.25, 0.3) is 0 Å². The Morgan fingerprint density at radius 1 is 0.773 bits per heavy atom. The van der Waals surface area contributed by atoms with Crippen molar-refractivity contribution in [2.75, 3.05) is 39.6 Å². The van der Waals surface area contributed by atoms with Gasteiger partial charge in [0, 0.05) is 0 Å². The van der Waals surface area contributed by atoms with Crippen molar-refractivity contribution in [3.05, 3.63) is 0 Å². The summed E-state index contributed by atoms with van der Waals surface area (Å²) in [6.45, 7) is 1.55. The fourth-order valence-electron chi connectivity index (χ4n) is 1.29. The first kappa shape index (κ1) is 20.1. The second-order valence-electron chi connectivity index (χ2n) is 4.14. The SMILES string of the molecule is CCOC(=O)C(CO)COC(=O)OCC(CO)C(=O)OCC. The minimum atomic E-state index is -1.13. The molecule has 0 rings (SSSR count). The number of hydrogen-bond donors (Lipinski definition) is 2. The predicted molar refractivity (Wildman–Crippen MR) is 71.7 cm³/mol. The van der Waals surface area contributed by atoms with Crippen LogP contribution in [0.25, 0.3) is 0 Å². The molecule has 0 aliphatic rings. The van der Waals surface area contributed by atoms with Crippen molar-refractivity contribution in [1.82, 2.24) is 0 Å². The molecule has 0 bridgehead atoms. The first-order valence-electron chi connectivity index (χ1n) is 6.84. The van der Waals surface area contributed by atoms with Gasteiger partial charge in [0.15, 0.2) is 0 Å². The zero-order valence-electron chi connectivity index (χ0n) is 12.6. The highest BCUT2D eigenvalue weighted by Gasteiger charge is 2.24. The van der Waals surface area contributed by atoms with Crippen molar-refractivity contribution in [2.45, 2.75) is 13.8 Å². The van der Waals surface area contributed by atoms with Crippen LogP contribution in [0.2, 0.25) is 0 Å². The average molecular weight is 322 g/mol. The van der Waals surface area contributed by atoms with Gasteiger partial charge in [-0.15, -0.1) is 0 Å². The highest BCUT2D eigenvalue weighted by atomic mass is 16.7. The van der Waals surface area contributed by atoms with Gasteiger partial charge >= 0.3 is 18.1 Å². The molecule has 0 heterocycles. The van der Waals surface area contributed by atoms with Crippen molar-refractivity contribution < 1.29 is 43.5 Å². The summed E-state index contributed by atoms with van der Waals surface area (Å²) in [6.07, 6.45) is -1.13. The molecule has 2 N–H and O–H groups in total. The van der Waals surface area contributed by atoms with E-state index < -0.39 is 56.4 Å². The Labute approximate surface area is 128 Å². The zero-order chi connectivity index (χ0) is 17.0. The molecule has 0 aromatic heterocycles. The molecule has 0 fully saturated rings. The Morgan fingerprint density at radius 3 is 1.41 bits per heavy atom. The highest BCUT2D eigenvalue weighted by Crippen LogP contribution is 2.04. The molecule has 0 aromatic carbocycles. The summed E-state index contributed by atoms with van der Waals surface area (Å²) >= 11 is 0.